The minimum atomic E-state index is -0.661. The Kier molecular flexibility index (Phi) is 3.50. The average Bonchev–Trinajstić information content (AvgIpc) is 2.61. The topological polar surface area (TPSA) is 35.5 Å². The Labute approximate surface area is 138 Å². The summed E-state index contributed by atoms with van der Waals surface area (Å²) in [4.78, 5) is 12.8. The van der Waals surface area contributed by atoms with Gasteiger partial charge in [0, 0.05) is 11.1 Å². The second-order valence-corrected chi connectivity index (χ2v) is 5.46. The number of carbonyl (C=O) groups excluding carboxylic acids is 1. The van der Waals surface area contributed by atoms with Crippen molar-refractivity contribution in [2.45, 2.75) is 5.92 Å². The molecule has 0 N–H and O–H groups in total. The summed E-state index contributed by atoms with van der Waals surface area (Å²) >= 11 is 0. The third-order valence-electron chi connectivity index (χ3n) is 3.96. The molecule has 3 nitrogen and oxygen atoms in total. The SMILES string of the molecule is O=C(Oc1ccccc1F)C1c2ccccc2Oc2ccccc21. The van der Waals surface area contributed by atoms with Gasteiger partial charge in [-0.05, 0) is 24.3 Å². The van der Waals surface area contributed by atoms with Gasteiger partial charge in [0.2, 0.25) is 0 Å². The summed E-state index contributed by atoms with van der Waals surface area (Å²) in [6.45, 7) is 0. The highest BCUT2D eigenvalue weighted by molar-refractivity contribution is 5.87. The molecular formula is C20H13FO3. The van der Waals surface area contributed by atoms with E-state index in [1.54, 1.807) is 24.3 Å². The zero-order valence-electron chi connectivity index (χ0n) is 12.6. The lowest BCUT2D eigenvalue weighted by Crippen LogP contribution is -2.23. The zero-order valence-corrected chi connectivity index (χ0v) is 12.6. The van der Waals surface area contributed by atoms with Crippen LogP contribution in [0.1, 0.15) is 17.0 Å². The Morgan fingerprint density at radius 2 is 1.38 bits per heavy atom. The molecule has 1 heterocycles. The standard InChI is InChI=1S/C20H13FO3/c21-15-9-3-6-12-18(15)24-20(22)19-13-7-1-4-10-16(13)23-17-11-5-2-8-14(17)19/h1-12,19H. The summed E-state index contributed by atoms with van der Waals surface area (Å²) in [6, 6.07) is 20.4. The fraction of sp³-hybridized carbons (Fsp3) is 0.0500. The van der Waals surface area contributed by atoms with Gasteiger partial charge in [-0.1, -0.05) is 48.5 Å². The highest BCUT2D eigenvalue weighted by Crippen LogP contribution is 2.44. The van der Waals surface area contributed by atoms with Crippen LogP contribution in [-0.4, -0.2) is 5.97 Å². The molecule has 24 heavy (non-hydrogen) atoms. The van der Waals surface area contributed by atoms with Crippen molar-refractivity contribution in [1.82, 2.24) is 0 Å². The first-order valence-electron chi connectivity index (χ1n) is 7.56. The van der Waals surface area contributed by atoms with Crippen molar-refractivity contribution in [1.29, 1.82) is 0 Å². The maximum atomic E-state index is 13.8. The molecule has 0 saturated carbocycles. The number of para-hydroxylation sites is 3. The van der Waals surface area contributed by atoms with Gasteiger partial charge in [-0.25, -0.2) is 4.39 Å². The normalized spacial score (nSPS) is 12.7. The van der Waals surface area contributed by atoms with E-state index < -0.39 is 17.7 Å². The molecule has 0 aromatic heterocycles. The van der Waals surface area contributed by atoms with Crippen LogP contribution in [0, 0.1) is 5.82 Å². The molecule has 0 unspecified atom stereocenters. The van der Waals surface area contributed by atoms with Crippen LogP contribution < -0.4 is 9.47 Å². The fourth-order valence-corrected chi connectivity index (χ4v) is 2.86. The molecular weight excluding hydrogens is 307 g/mol. The largest absolute Gasteiger partial charge is 0.457 e. The van der Waals surface area contributed by atoms with Gasteiger partial charge in [-0.2, -0.15) is 0 Å². The minimum Gasteiger partial charge on any atom is -0.457 e. The molecule has 0 bridgehead atoms. The van der Waals surface area contributed by atoms with Crippen LogP contribution in [-0.2, 0) is 4.79 Å². The molecule has 118 valence electrons. The number of rotatable bonds is 2. The molecule has 1 aliphatic rings. The van der Waals surface area contributed by atoms with Crippen molar-refractivity contribution < 1.29 is 18.7 Å². The summed E-state index contributed by atoms with van der Waals surface area (Å²) < 4.78 is 25.0. The molecule has 0 saturated heterocycles. The molecule has 4 heteroatoms. The average molecular weight is 320 g/mol. The molecule has 1 aliphatic heterocycles. The van der Waals surface area contributed by atoms with Gasteiger partial charge in [-0.3, -0.25) is 4.79 Å². The van der Waals surface area contributed by atoms with Crippen LogP contribution in [0.3, 0.4) is 0 Å². The van der Waals surface area contributed by atoms with E-state index in [4.69, 9.17) is 9.47 Å². The number of benzene rings is 3. The fourth-order valence-electron chi connectivity index (χ4n) is 2.86. The third-order valence-corrected chi connectivity index (χ3v) is 3.96. The molecule has 3 aromatic rings. The van der Waals surface area contributed by atoms with Crippen molar-refractivity contribution in [3.05, 3.63) is 89.7 Å². The quantitative estimate of drug-likeness (QED) is 0.508. The number of hydrogen-bond acceptors (Lipinski definition) is 3. The van der Waals surface area contributed by atoms with Gasteiger partial charge in [0.25, 0.3) is 0 Å². The van der Waals surface area contributed by atoms with Crippen LogP contribution in [0.25, 0.3) is 0 Å². The maximum absolute atomic E-state index is 13.8. The second-order valence-electron chi connectivity index (χ2n) is 5.46. The minimum absolute atomic E-state index is 0.0797. The Hall–Kier alpha value is -3.14. The number of hydrogen-bond donors (Lipinski definition) is 0. The van der Waals surface area contributed by atoms with Crippen LogP contribution in [0.5, 0.6) is 17.2 Å². The predicted molar refractivity (Wildman–Crippen MR) is 86.8 cm³/mol. The first-order chi connectivity index (χ1) is 11.7. The van der Waals surface area contributed by atoms with Crippen molar-refractivity contribution in [2.75, 3.05) is 0 Å². The lowest BCUT2D eigenvalue weighted by molar-refractivity contribution is -0.135. The highest BCUT2D eigenvalue weighted by atomic mass is 19.1. The van der Waals surface area contributed by atoms with Crippen LogP contribution in [0.15, 0.2) is 72.8 Å². The van der Waals surface area contributed by atoms with E-state index in [0.717, 1.165) is 0 Å². The molecule has 0 fully saturated rings. The van der Waals surface area contributed by atoms with E-state index in [0.29, 0.717) is 22.6 Å². The van der Waals surface area contributed by atoms with Crippen molar-refractivity contribution in [3.8, 4) is 17.2 Å². The Morgan fingerprint density at radius 1 is 0.833 bits per heavy atom. The van der Waals surface area contributed by atoms with Gasteiger partial charge in [-0.15, -0.1) is 0 Å². The van der Waals surface area contributed by atoms with E-state index in [9.17, 15) is 9.18 Å². The third kappa shape index (κ3) is 2.42. The highest BCUT2D eigenvalue weighted by Gasteiger charge is 2.34. The van der Waals surface area contributed by atoms with E-state index in [-0.39, 0.29) is 5.75 Å². The van der Waals surface area contributed by atoms with Gasteiger partial charge in [0.1, 0.15) is 17.4 Å². The maximum Gasteiger partial charge on any atom is 0.323 e. The Bertz CT molecular complexity index is 875. The first kappa shape index (κ1) is 14.5. The van der Waals surface area contributed by atoms with Gasteiger partial charge in [0.05, 0.1) is 0 Å². The number of esters is 1. The molecule has 0 radical (unpaired) electrons. The number of carbonyl (C=O) groups is 1. The predicted octanol–water partition coefficient (Wildman–Crippen LogP) is 4.67. The smallest absolute Gasteiger partial charge is 0.323 e. The summed E-state index contributed by atoms with van der Waals surface area (Å²) in [5.74, 6) is -0.643. The number of fused-ring (bicyclic) bond motifs is 2. The summed E-state index contributed by atoms with van der Waals surface area (Å²) in [5, 5.41) is 0. The van der Waals surface area contributed by atoms with Crippen molar-refractivity contribution in [2.24, 2.45) is 0 Å². The Balaban J connectivity index is 1.77. The van der Waals surface area contributed by atoms with Gasteiger partial charge in [0.15, 0.2) is 11.6 Å². The van der Waals surface area contributed by atoms with E-state index in [1.165, 1.54) is 12.1 Å². The zero-order chi connectivity index (χ0) is 16.5. The van der Waals surface area contributed by atoms with Crippen LogP contribution in [0.2, 0.25) is 0 Å². The van der Waals surface area contributed by atoms with E-state index in [2.05, 4.69) is 0 Å². The van der Waals surface area contributed by atoms with Crippen LogP contribution >= 0.6 is 0 Å². The number of ether oxygens (including phenoxy) is 2. The lowest BCUT2D eigenvalue weighted by atomic mass is 9.88. The first-order valence-corrected chi connectivity index (χ1v) is 7.56. The summed E-state index contributed by atoms with van der Waals surface area (Å²) in [5.41, 5.74) is 1.41. The van der Waals surface area contributed by atoms with Gasteiger partial charge >= 0.3 is 5.97 Å². The van der Waals surface area contributed by atoms with Crippen molar-refractivity contribution in [3.63, 3.8) is 0 Å². The van der Waals surface area contributed by atoms with E-state index in [1.807, 2.05) is 36.4 Å². The summed E-state index contributed by atoms with van der Waals surface area (Å²) in [7, 11) is 0. The molecule has 4 rings (SSSR count). The number of halogens is 1. The van der Waals surface area contributed by atoms with Gasteiger partial charge < -0.3 is 9.47 Å². The molecule has 3 aromatic carbocycles. The molecule has 0 spiro atoms. The van der Waals surface area contributed by atoms with Crippen LogP contribution in [0.4, 0.5) is 4.39 Å². The Morgan fingerprint density at radius 3 is 2.00 bits per heavy atom. The monoisotopic (exact) mass is 320 g/mol. The molecule has 0 aliphatic carbocycles. The van der Waals surface area contributed by atoms with E-state index >= 15 is 0 Å². The molecule has 0 atom stereocenters. The summed E-state index contributed by atoms with van der Waals surface area (Å²) in [6.07, 6.45) is 0. The molecule has 0 amide bonds. The second kappa shape index (κ2) is 5.81. The van der Waals surface area contributed by atoms with Crippen molar-refractivity contribution >= 4 is 5.97 Å². The lowest BCUT2D eigenvalue weighted by Gasteiger charge is -2.26.